The highest BCUT2D eigenvalue weighted by molar-refractivity contribution is 4.42. The molecule has 0 saturated carbocycles. The van der Waals surface area contributed by atoms with Crippen LogP contribution in [0.5, 0.6) is 0 Å². The van der Waals surface area contributed by atoms with E-state index in [1.54, 1.807) is 6.92 Å². The number of rotatable bonds is 13. The molecule has 0 heterocycles. The second-order valence-corrected chi connectivity index (χ2v) is 3.79. The van der Waals surface area contributed by atoms with E-state index in [0.717, 1.165) is 12.8 Å². The standard InChI is InChI=1S/C12H26O6/c1-3-4-6-17-11(2)18-12(14)10-16-9-8-15-7-5-13/h11-14H,3-10H2,1-2H3. The molecule has 2 N–H and O–H groups in total. The summed E-state index contributed by atoms with van der Waals surface area (Å²) in [5.74, 6) is 0. The Hall–Kier alpha value is -0.240. The van der Waals surface area contributed by atoms with Gasteiger partial charge in [-0.25, -0.2) is 0 Å². The largest absolute Gasteiger partial charge is 0.394 e. The molecule has 2 atom stereocenters. The van der Waals surface area contributed by atoms with Crippen LogP contribution in [-0.2, 0) is 18.9 Å². The monoisotopic (exact) mass is 266 g/mol. The predicted molar refractivity (Wildman–Crippen MR) is 66.1 cm³/mol. The maximum atomic E-state index is 9.47. The van der Waals surface area contributed by atoms with Gasteiger partial charge >= 0.3 is 0 Å². The second kappa shape index (κ2) is 13.2. The third kappa shape index (κ3) is 12.2. The molecule has 0 bridgehead atoms. The van der Waals surface area contributed by atoms with Gasteiger partial charge in [0, 0.05) is 6.61 Å². The summed E-state index contributed by atoms with van der Waals surface area (Å²) in [5.41, 5.74) is 0. The Morgan fingerprint density at radius 1 is 1.06 bits per heavy atom. The molecule has 110 valence electrons. The van der Waals surface area contributed by atoms with E-state index in [9.17, 15) is 5.11 Å². The molecule has 0 aromatic heterocycles. The molecule has 0 saturated heterocycles. The normalized spacial score (nSPS) is 14.7. The average molecular weight is 266 g/mol. The fourth-order valence-electron chi connectivity index (χ4n) is 1.16. The van der Waals surface area contributed by atoms with Crippen molar-refractivity contribution in [2.75, 3.05) is 39.6 Å². The van der Waals surface area contributed by atoms with Crippen LogP contribution < -0.4 is 0 Å². The second-order valence-electron chi connectivity index (χ2n) is 3.79. The van der Waals surface area contributed by atoms with Gasteiger partial charge in [-0.1, -0.05) is 13.3 Å². The van der Waals surface area contributed by atoms with Gasteiger partial charge in [-0.05, 0) is 13.3 Å². The van der Waals surface area contributed by atoms with Gasteiger partial charge in [0.15, 0.2) is 12.6 Å². The molecule has 0 aliphatic heterocycles. The molecule has 0 aliphatic carbocycles. The Labute approximate surface area is 109 Å². The van der Waals surface area contributed by atoms with Crippen molar-refractivity contribution in [2.24, 2.45) is 0 Å². The smallest absolute Gasteiger partial charge is 0.181 e. The summed E-state index contributed by atoms with van der Waals surface area (Å²) in [6.07, 6.45) is 0.592. The summed E-state index contributed by atoms with van der Waals surface area (Å²) >= 11 is 0. The third-order valence-electron chi connectivity index (χ3n) is 2.07. The number of hydrogen-bond donors (Lipinski definition) is 2. The van der Waals surface area contributed by atoms with E-state index < -0.39 is 12.6 Å². The summed E-state index contributed by atoms with van der Waals surface area (Å²) in [6, 6.07) is 0. The minimum absolute atomic E-state index is 0.00164. The van der Waals surface area contributed by atoms with Gasteiger partial charge in [0.25, 0.3) is 0 Å². The number of ether oxygens (including phenoxy) is 4. The number of aliphatic hydroxyl groups is 2. The summed E-state index contributed by atoms with van der Waals surface area (Å²) in [6.45, 7) is 5.55. The van der Waals surface area contributed by atoms with E-state index in [4.69, 9.17) is 24.1 Å². The van der Waals surface area contributed by atoms with Crippen molar-refractivity contribution in [3.8, 4) is 0 Å². The SMILES string of the molecule is CCCCOC(C)OC(O)COCCOCCO. The Morgan fingerprint density at radius 3 is 2.44 bits per heavy atom. The molecule has 0 amide bonds. The highest BCUT2D eigenvalue weighted by atomic mass is 16.7. The lowest BCUT2D eigenvalue weighted by Gasteiger charge is -2.18. The summed E-state index contributed by atoms with van der Waals surface area (Å²) in [4.78, 5) is 0. The van der Waals surface area contributed by atoms with E-state index >= 15 is 0 Å². The fraction of sp³-hybridized carbons (Fsp3) is 1.00. The van der Waals surface area contributed by atoms with Gasteiger partial charge in [0.1, 0.15) is 0 Å². The first-order chi connectivity index (χ1) is 8.70. The molecule has 0 aromatic rings. The molecule has 0 spiro atoms. The van der Waals surface area contributed by atoms with Crippen molar-refractivity contribution in [1.29, 1.82) is 0 Å². The van der Waals surface area contributed by atoms with E-state index in [1.165, 1.54) is 0 Å². The van der Waals surface area contributed by atoms with Crippen molar-refractivity contribution in [1.82, 2.24) is 0 Å². The highest BCUT2D eigenvalue weighted by Crippen LogP contribution is 2.00. The molecule has 0 aromatic carbocycles. The van der Waals surface area contributed by atoms with Crippen LogP contribution in [0.2, 0.25) is 0 Å². The number of aliphatic hydroxyl groups excluding tert-OH is 2. The van der Waals surface area contributed by atoms with Gasteiger partial charge in [-0.3, -0.25) is 0 Å². The number of hydrogen-bond acceptors (Lipinski definition) is 6. The Kier molecular flexibility index (Phi) is 13.0. The molecule has 0 aliphatic rings. The van der Waals surface area contributed by atoms with Gasteiger partial charge in [0.2, 0.25) is 0 Å². The maximum absolute atomic E-state index is 9.47. The van der Waals surface area contributed by atoms with Crippen LogP contribution in [-0.4, -0.2) is 62.4 Å². The van der Waals surface area contributed by atoms with Crippen molar-refractivity contribution in [3.63, 3.8) is 0 Å². The topological polar surface area (TPSA) is 77.4 Å². The van der Waals surface area contributed by atoms with Crippen LogP contribution in [0.3, 0.4) is 0 Å². The Balaban J connectivity index is 3.32. The van der Waals surface area contributed by atoms with Crippen molar-refractivity contribution >= 4 is 0 Å². The van der Waals surface area contributed by atoms with E-state index in [2.05, 4.69) is 6.92 Å². The van der Waals surface area contributed by atoms with Crippen LogP contribution in [0.15, 0.2) is 0 Å². The van der Waals surface area contributed by atoms with Crippen LogP contribution in [0, 0.1) is 0 Å². The van der Waals surface area contributed by atoms with E-state index in [-0.39, 0.29) is 13.2 Å². The van der Waals surface area contributed by atoms with Crippen molar-refractivity contribution in [3.05, 3.63) is 0 Å². The Bertz CT molecular complexity index is 167. The summed E-state index contributed by atoms with van der Waals surface area (Å²) < 4.78 is 20.6. The molecule has 2 unspecified atom stereocenters. The minimum atomic E-state index is -1.00. The summed E-state index contributed by atoms with van der Waals surface area (Å²) in [7, 11) is 0. The quantitative estimate of drug-likeness (QED) is 0.373. The predicted octanol–water partition coefficient (Wildman–Crippen LogP) is 0.510. The van der Waals surface area contributed by atoms with Crippen LogP contribution >= 0.6 is 0 Å². The first-order valence-electron chi connectivity index (χ1n) is 6.42. The summed E-state index contributed by atoms with van der Waals surface area (Å²) in [5, 5.41) is 17.9. The molecule has 0 radical (unpaired) electrons. The van der Waals surface area contributed by atoms with Gasteiger partial charge in [-0.15, -0.1) is 0 Å². The molecule has 0 rings (SSSR count). The van der Waals surface area contributed by atoms with Crippen LogP contribution in [0.1, 0.15) is 26.7 Å². The van der Waals surface area contributed by atoms with E-state index in [0.29, 0.717) is 26.4 Å². The lowest BCUT2D eigenvalue weighted by molar-refractivity contribution is -0.235. The Morgan fingerprint density at radius 2 is 1.78 bits per heavy atom. The third-order valence-corrected chi connectivity index (χ3v) is 2.07. The van der Waals surface area contributed by atoms with Crippen LogP contribution in [0.4, 0.5) is 0 Å². The zero-order valence-electron chi connectivity index (χ0n) is 11.3. The highest BCUT2D eigenvalue weighted by Gasteiger charge is 2.10. The van der Waals surface area contributed by atoms with Crippen molar-refractivity contribution in [2.45, 2.75) is 39.3 Å². The van der Waals surface area contributed by atoms with Crippen LogP contribution in [0.25, 0.3) is 0 Å². The lowest BCUT2D eigenvalue weighted by atomic mass is 10.4. The fourth-order valence-corrected chi connectivity index (χ4v) is 1.16. The molecule has 6 heteroatoms. The molecule has 0 fully saturated rings. The van der Waals surface area contributed by atoms with Crippen molar-refractivity contribution < 1.29 is 29.2 Å². The molecular weight excluding hydrogens is 240 g/mol. The minimum Gasteiger partial charge on any atom is -0.394 e. The zero-order chi connectivity index (χ0) is 13.6. The number of unbranched alkanes of at least 4 members (excludes halogenated alkanes) is 1. The maximum Gasteiger partial charge on any atom is 0.181 e. The van der Waals surface area contributed by atoms with E-state index in [1.807, 2.05) is 0 Å². The van der Waals surface area contributed by atoms with Gasteiger partial charge in [-0.2, -0.15) is 0 Å². The molecular formula is C12H26O6. The first-order valence-corrected chi connectivity index (χ1v) is 6.42. The zero-order valence-corrected chi connectivity index (χ0v) is 11.3. The lowest BCUT2D eigenvalue weighted by Crippen LogP contribution is -2.27. The van der Waals surface area contributed by atoms with Gasteiger partial charge < -0.3 is 29.2 Å². The van der Waals surface area contributed by atoms with Gasteiger partial charge in [0.05, 0.1) is 33.0 Å². The molecule has 6 nitrogen and oxygen atoms in total. The molecule has 18 heavy (non-hydrogen) atoms. The first kappa shape index (κ1) is 17.8. The average Bonchev–Trinajstić information content (AvgIpc) is 2.34.